The van der Waals surface area contributed by atoms with E-state index in [4.69, 9.17) is 4.74 Å². The Balaban J connectivity index is 2.16. The molecule has 0 saturated heterocycles. The third-order valence-corrected chi connectivity index (χ3v) is 4.40. The summed E-state index contributed by atoms with van der Waals surface area (Å²) in [7, 11) is 1.63. The lowest BCUT2D eigenvalue weighted by atomic mass is 10.1. The van der Waals surface area contributed by atoms with Crippen LogP contribution < -0.4 is 10.1 Å². The molecule has 0 radical (unpaired) electrons. The Labute approximate surface area is 124 Å². The van der Waals surface area contributed by atoms with Gasteiger partial charge in [-0.25, -0.2) is 9.97 Å². The van der Waals surface area contributed by atoms with Gasteiger partial charge in [-0.3, -0.25) is 0 Å². The van der Waals surface area contributed by atoms with Crippen molar-refractivity contribution in [3.8, 4) is 5.88 Å². The van der Waals surface area contributed by atoms with Gasteiger partial charge in [0.2, 0.25) is 5.88 Å². The molecule has 0 aliphatic rings. The number of thiophene rings is 1. The van der Waals surface area contributed by atoms with Crippen LogP contribution >= 0.6 is 11.3 Å². The van der Waals surface area contributed by atoms with Crippen LogP contribution in [0.25, 0.3) is 0 Å². The van der Waals surface area contributed by atoms with Gasteiger partial charge in [-0.15, -0.1) is 11.3 Å². The van der Waals surface area contributed by atoms with Crippen molar-refractivity contribution < 1.29 is 4.74 Å². The number of likely N-dealkylation sites (N-methyl/N-ethyl adjacent to an activating group) is 1. The van der Waals surface area contributed by atoms with Gasteiger partial charge in [0.05, 0.1) is 18.8 Å². The number of nitrogens with one attached hydrogen (secondary N) is 1. The third-order valence-electron chi connectivity index (χ3n) is 3.15. The summed E-state index contributed by atoms with van der Waals surface area (Å²) in [5.41, 5.74) is 0.977. The van der Waals surface area contributed by atoms with Gasteiger partial charge in [-0.2, -0.15) is 0 Å². The third kappa shape index (κ3) is 3.77. The Morgan fingerprint density at radius 1 is 1.25 bits per heavy atom. The lowest BCUT2D eigenvalue weighted by molar-refractivity contribution is 0.394. The van der Waals surface area contributed by atoms with Crippen molar-refractivity contribution in [2.45, 2.75) is 32.7 Å². The zero-order chi connectivity index (χ0) is 14.4. The Kier molecular flexibility index (Phi) is 5.49. The van der Waals surface area contributed by atoms with E-state index in [0.29, 0.717) is 5.88 Å². The van der Waals surface area contributed by atoms with E-state index in [1.54, 1.807) is 13.4 Å². The van der Waals surface area contributed by atoms with Gasteiger partial charge in [0.15, 0.2) is 0 Å². The van der Waals surface area contributed by atoms with E-state index in [9.17, 15) is 0 Å². The molecule has 1 unspecified atom stereocenters. The number of methoxy groups -OCH3 is 1. The Morgan fingerprint density at radius 3 is 2.70 bits per heavy atom. The minimum absolute atomic E-state index is 0.195. The predicted molar refractivity (Wildman–Crippen MR) is 82.4 cm³/mol. The number of aromatic nitrogens is 2. The van der Waals surface area contributed by atoms with E-state index in [1.807, 2.05) is 17.4 Å². The summed E-state index contributed by atoms with van der Waals surface area (Å²) in [6.07, 6.45) is 3.60. The van der Waals surface area contributed by atoms with Gasteiger partial charge in [-0.1, -0.05) is 13.8 Å². The predicted octanol–water partition coefficient (Wildman–Crippen LogP) is 3.00. The Hall–Kier alpha value is -1.46. The standard InChI is InChI=1S/C15H21N3OS/c1-4-11-6-7-12(20-11)8-13(16-5-2)14-9-15(19-3)18-10-17-14/h6-7,9-10,13,16H,4-5,8H2,1-3H3. The molecule has 5 heteroatoms. The summed E-state index contributed by atoms with van der Waals surface area (Å²) >= 11 is 1.88. The molecule has 0 fully saturated rings. The van der Waals surface area contributed by atoms with Crippen LogP contribution in [0.1, 0.15) is 35.3 Å². The zero-order valence-electron chi connectivity index (χ0n) is 12.2. The first-order valence-corrected chi connectivity index (χ1v) is 7.75. The monoisotopic (exact) mass is 291 g/mol. The van der Waals surface area contributed by atoms with Crippen molar-refractivity contribution in [1.82, 2.24) is 15.3 Å². The van der Waals surface area contributed by atoms with Crippen molar-refractivity contribution in [1.29, 1.82) is 0 Å². The van der Waals surface area contributed by atoms with Gasteiger partial charge in [0, 0.05) is 22.2 Å². The average Bonchev–Trinajstić information content (AvgIpc) is 2.94. The maximum absolute atomic E-state index is 5.18. The van der Waals surface area contributed by atoms with E-state index < -0.39 is 0 Å². The first kappa shape index (κ1) is 14.9. The highest BCUT2D eigenvalue weighted by Crippen LogP contribution is 2.24. The lowest BCUT2D eigenvalue weighted by Crippen LogP contribution is -2.23. The van der Waals surface area contributed by atoms with Gasteiger partial charge < -0.3 is 10.1 Å². The zero-order valence-corrected chi connectivity index (χ0v) is 13.0. The molecule has 0 aliphatic heterocycles. The second kappa shape index (κ2) is 7.36. The molecule has 20 heavy (non-hydrogen) atoms. The summed E-state index contributed by atoms with van der Waals surface area (Å²) < 4.78 is 5.18. The van der Waals surface area contributed by atoms with E-state index in [-0.39, 0.29) is 6.04 Å². The maximum atomic E-state index is 5.18. The molecule has 0 amide bonds. The molecule has 2 aromatic rings. The van der Waals surface area contributed by atoms with Crippen LogP contribution in [0.2, 0.25) is 0 Å². The lowest BCUT2D eigenvalue weighted by Gasteiger charge is -2.16. The topological polar surface area (TPSA) is 47.0 Å². The Bertz CT molecular complexity index is 541. The molecular formula is C15H21N3OS. The van der Waals surface area contributed by atoms with Gasteiger partial charge in [0.25, 0.3) is 0 Å². The SMILES string of the molecule is CCNC(Cc1ccc(CC)s1)c1cc(OC)ncn1. The summed E-state index contributed by atoms with van der Waals surface area (Å²) in [5, 5.41) is 3.49. The van der Waals surface area contributed by atoms with E-state index in [0.717, 1.165) is 25.1 Å². The fourth-order valence-corrected chi connectivity index (χ4v) is 3.11. The van der Waals surface area contributed by atoms with Crippen molar-refractivity contribution >= 4 is 11.3 Å². The number of hydrogen-bond acceptors (Lipinski definition) is 5. The molecule has 1 atom stereocenters. The van der Waals surface area contributed by atoms with E-state index >= 15 is 0 Å². The Morgan fingerprint density at radius 2 is 2.05 bits per heavy atom. The van der Waals surface area contributed by atoms with Gasteiger partial charge in [0.1, 0.15) is 6.33 Å². The maximum Gasteiger partial charge on any atom is 0.216 e. The van der Waals surface area contributed by atoms with Crippen LogP contribution in [0.15, 0.2) is 24.5 Å². The summed E-state index contributed by atoms with van der Waals surface area (Å²) in [5.74, 6) is 0.610. The molecule has 2 aromatic heterocycles. The van der Waals surface area contributed by atoms with Crippen LogP contribution in [-0.4, -0.2) is 23.6 Å². The van der Waals surface area contributed by atoms with Crippen LogP contribution in [0, 0.1) is 0 Å². The van der Waals surface area contributed by atoms with E-state index in [2.05, 4.69) is 41.3 Å². The number of hydrogen-bond donors (Lipinski definition) is 1. The highest BCUT2D eigenvalue weighted by atomic mass is 32.1. The fourth-order valence-electron chi connectivity index (χ4n) is 2.11. The quantitative estimate of drug-likeness (QED) is 0.852. The molecular weight excluding hydrogens is 270 g/mol. The molecule has 2 heterocycles. The molecule has 0 aliphatic carbocycles. The van der Waals surface area contributed by atoms with Crippen molar-refractivity contribution in [2.24, 2.45) is 0 Å². The molecule has 1 N–H and O–H groups in total. The van der Waals surface area contributed by atoms with Crippen LogP contribution in [0.5, 0.6) is 5.88 Å². The van der Waals surface area contributed by atoms with E-state index in [1.165, 1.54) is 9.75 Å². The largest absolute Gasteiger partial charge is 0.481 e. The molecule has 0 saturated carbocycles. The molecule has 2 rings (SSSR count). The summed E-state index contributed by atoms with van der Waals surface area (Å²) in [4.78, 5) is 11.3. The first-order chi connectivity index (χ1) is 9.76. The van der Waals surface area contributed by atoms with Crippen molar-refractivity contribution in [3.05, 3.63) is 40.0 Å². The van der Waals surface area contributed by atoms with Crippen LogP contribution in [0.4, 0.5) is 0 Å². The minimum atomic E-state index is 0.195. The molecule has 0 spiro atoms. The summed E-state index contributed by atoms with van der Waals surface area (Å²) in [6.45, 7) is 5.20. The summed E-state index contributed by atoms with van der Waals surface area (Å²) in [6, 6.07) is 6.53. The average molecular weight is 291 g/mol. The molecule has 0 aromatic carbocycles. The van der Waals surface area contributed by atoms with Gasteiger partial charge >= 0.3 is 0 Å². The second-order valence-electron chi connectivity index (χ2n) is 4.52. The van der Waals surface area contributed by atoms with Crippen LogP contribution in [-0.2, 0) is 12.8 Å². The second-order valence-corrected chi connectivity index (χ2v) is 5.77. The van der Waals surface area contributed by atoms with Crippen LogP contribution in [0.3, 0.4) is 0 Å². The fraction of sp³-hybridized carbons (Fsp3) is 0.467. The number of nitrogens with zero attached hydrogens (tertiary/aromatic N) is 2. The first-order valence-electron chi connectivity index (χ1n) is 6.93. The molecule has 0 bridgehead atoms. The van der Waals surface area contributed by atoms with Crippen molar-refractivity contribution in [3.63, 3.8) is 0 Å². The molecule has 4 nitrogen and oxygen atoms in total. The normalized spacial score (nSPS) is 12.3. The number of aryl methyl sites for hydroxylation is 1. The van der Waals surface area contributed by atoms with Gasteiger partial charge in [-0.05, 0) is 25.1 Å². The highest BCUT2D eigenvalue weighted by Gasteiger charge is 2.15. The molecule has 108 valence electrons. The number of rotatable bonds is 7. The minimum Gasteiger partial charge on any atom is -0.481 e. The number of ether oxygens (including phenoxy) is 1. The highest BCUT2D eigenvalue weighted by molar-refractivity contribution is 7.11. The smallest absolute Gasteiger partial charge is 0.216 e. The van der Waals surface area contributed by atoms with Crippen molar-refractivity contribution in [2.75, 3.05) is 13.7 Å².